The van der Waals surface area contributed by atoms with Crippen LogP contribution in [-0.2, 0) is 17.5 Å². The third-order valence-corrected chi connectivity index (χ3v) is 1.49. The van der Waals surface area contributed by atoms with Gasteiger partial charge in [0, 0.05) is 6.20 Å². The predicted octanol–water partition coefficient (Wildman–Crippen LogP) is 1.38. The van der Waals surface area contributed by atoms with Crippen LogP contribution in [0, 0.1) is 0 Å². The summed E-state index contributed by atoms with van der Waals surface area (Å²) in [5.41, 5.74) is -1.01. The lowest BCUT2D eigenvalue weighted by Gasteiger charge is -2.01. The van der Waals surface area contributed by atoms with E-state index in [0.29, 0.717) is 0 Å². The van der Waals surface area contributed by atoms with Gasteiger partial charge in [0.15, 0.2) is 5.69 Å². The SMILES string of the molecule is O=C(O)CCn1ccc(C(F)(F)F)n1. The van der Waals surface area contributed by atoms with Gasteiger partial charge in [-0.05, 0) is 6.07 Å². The Kier molecular flexibility index (Phi) is 2.78. The Balaban J connectivity index is 2.64. The second kappa shape index (κ2) is 3.69. The number of hydrogen-bond acceptors (Lipinski definition) is 2. The molecule has 0 aliphatic carbocycles. The van der Waals surface area contributed by atoms with Gasteiger partial charge in [-0.15, -0.1) is 0 Å². The number of aliphatic carboxylic acids is 1. The average molecular weight is 208 g/mol. The number of alkyl halides is 3. The summed E-state index contributed by atoms with van der Waals surface area (Å²) in [5.74, 6) is -1.07. The normalized spacial score (nSPS) is 11.6. The van der Waals surface area contributed by atoms with Gasteiger partial charge >= 0.3 is 12.1 Å². The predicted molar refractivity (Wildman–Crippen MR) is 39.5 cm³/mol. The second-order valence-electron chi connectivity index (χ2n) is 2.61. The summed E-state index contributed by atoms with van der Waals surface area (Å²) in [6, 6.07) is 0.807. The maximum absolute atomic E-state index is 12.0. The van der Waals surface area contributed by atoms with Crippen molar-refractivity contribution in [2.24, 2.45) is 0 Å². The molecule has 0 aliphatic rings. The van der Waals surface area contributed by atoms with Crippen molar-refractivity contribution in [3.63, 3.8) is 0 Å². The highest BCUT2D eigenvalue weighted by Crippen LogP contribution is 2.27. The van der Waals surface area contributed by atoms with Gasteiger partial charge in [-0.3, -0.25) is 9.48 Å². The molecule has 0 amide bonds. The minimum atomic E-state index is -4.48. The molecular weight excluding hydrogens is 201 g/mol. The molecule has 0 aliphatic heterocycles. The van der Waals surface area contributed by atoms with E-state index in [1.807, 2.05) is 0 Å². The first-order valence-corrected chi connectivity index (χ1v) is 3.72. The molecule has 1 aromatic rings. The number of aromatic nitrogens is 2. The van der Waals surface area contributed by atoms with Crippen LogP contribution in [0.15, 0.2) is 12.3 Å². The van der Waals surface area contributed by atoms with Gasteiger partial charge in [-0.2, -0.15) is 18.3 Å². The molecule has 1 rings (SSSR count). The summed E-state index contributed by atoms with van der Waals surface area (Å²) in [7, 11) is 0. The van der Waals surface area contributed by atoms with Gasteiger partial charge in [0.2, 0.25) is 0 Å². The molecule has 4 nitrogen and oxygen atoms in total. The van der Waals surface area contributed by atoms with Crippen LogP contribution in [-0.4, -0.2) is 20.9 Å². The average Bonchev–Trinajstić information content (AvgIpc) is 2.47. The van der Waals surface area contributed by atoms with E-state index in [1.54, 1.807) is 0 Å². The van der Waals surface area contributed by atoms with E-state index >= 15 is 0 Å². The van der Waals surface area contributed by atoms with Crippen molar-refractivity contribution in [2.45, 2.75) is 19.1 Å². The van der Waals surface area contributed by atoms with Gasteiger partial charge in [0.05, 0.1) is 13.0 Å². The Bertz CT molecular complexity index is 332. The van der Waals surface area contributed by atoms with E-state index in [4.69, 9.17) is 5.11 Å². The Labute approximate surface area is 77.0 Å². The quantitative estimate of drug-likeness (QED) is 0.816. The third kappa shape index (κ3) is 2.75. The number of rotatable bonds is 3. The number of carboxylic acids is 1. The molecule has 0 radical (unpaired) electrons. The van der Waals surface area contributed by atoms with Gasteiger partial charge in [-0.1, -0.05) is 0 Å². The summed E-state index contributed by atoms with van der Waals surface area (Å²) in [6.45, 7) is -0.0641. The third-order valence-electron chi connectivity index (χ3n) is 1.49. The lowest BCUT2D eigenvalue weighted by molar-refractivity contribution is -0.141. The largest absolute Gasteiger partial charge is 0.481 e. The number of nitrogens with zero attached hydrogens (tertiary/aromatic N) is 2. The van der Waals surface area contributed by atoms with Gasteiger partial charge in [0.25, 0.3) is 0 Å². The molecule has 0 atom stereocenters. The van der Waals surface area contributed by atoms with Crippen LogP contribution in [0.5, 0.6) is 0 Å². The Morgan fingerprint density at radius 2 is 2.21 bits per heavy atom. The van der Waals surface area contributed by atoms with Crippen molar-refractivity contribution in [1.82, 2.24) is 9.78 Å². The molecule has 0 unspecified atom stereocenters. The molecule has 0 spiro atoms. The smallest absolute Gasteiger partial charge is 0.435 e. The molecule has 14 heavy (non-hydrogen) atoms. The second-order valence-corrected chi connectivity index (χ2v) is 2.61. The van der Waals surface area contributed by atoms with Crippen molar-refractivity contribution in [3.05, 3.63) is 18.0 Å². The maximum atomic E-state index is 12.0. The fraction of sp³-hybridized carbons (Fsp3) is 0.429. The molecule has 78 valence electrons. The first-order valence-electron chi connectivity index (χ1n) is 3.72. The van der Waals surface area contributed by atoms with Crippen LogP contribution < -0.4 is 0 Å². The van der Waals surface area contributed by atoms with Gasteiger partial charge in [0.1, 0.15) is 0 Å². The van der Waals surface area contributed by atoms with E-state index in [9.17, 15) is 18.0 Å². The Hall–Kier alpha value is -1.53. The van der Waals surface area contributed by atoms with Crippen molar-refractivity contribution in [1.29, 1.82) is 0 Å². The summed E-state index contributed by atoms with van der Waals surface area (Å²) in [6.07, 6.45) is -3.63. The number of carboxylic acid groups (broad SMARTS) is 1. The first-order chi connectivity index (χ1) is 6.39. The number of carbonyl (C=O) groups is 1. The highest BCUT2D eigenvalue weighted by molar-refractivity contribution is 5.66. The minimum absolute atomic E-state index is 0.0641. The molecule has 7 heteroatoms. The highest BCUT2D eigenvalue weighted by Gasteiger charge is 2.33. The molecule has 1 N–H and O–H groups in total. The number of aryl methyl sites for hydroxylation is 1. The van der Waals surface area contributed by atoms with Crippen LogP contribution in [0.25, 0.3) is 0 Å². The summed E-state index contributed by atoms with van der Waals surface area (Å²) in [5, 5.41) is 11.5. The molecule has 0 fully saturated rings. The van der Waals surface area contributed by atoms with E-state index in [2.05, 4.69) is 5.10 Å². The lowest BCUT2D eigenvalue weighted by Crippen LogP contribution is -2.09. The van der Waals surface area contributed by atoms with Crippen molar-refractivity contribution in [2.75, 3.05) is 0 Å². The summed E-state index contributed by atoms with van der Waals surface area (Å²) in [4.78, 5) is 10.1. The van der Waals surface area contributed by atoms with Crippen LogP contribution >= 0.6 is 0 Å². The van der Waals surface area contributed by atoms with Crippen LogP contribution in [0.3, 0.4) is 0 Å². The van der Waals surface area contributed by atoms with Crippen molar-refractivity contribution in [3.8, 4) is 0 Å². The van der Waals surface area contributed by atoms with E-state index in [0.717, 1.165) is 16.9 Å². The number of halogens is 3. The molecule has 0 saturated carbocycles. The fourth-order valence-corrected chi connectivity index (χ4v) is 0.848. The first kappa shape index (κ1) is 10.6. The summed E-state index contributed by atoms with van der Waals surface area (Å²) >= 11 is 0. The molecule has 1 aromatic heterocycles. The monoisotopic (exact) mass is 208 g/mol. The molecule has 1 heterocycles. The van der Waals surface area contributed by atoms with Crippen LogP contribution in [0.4, 0.5) is 13.2 Å². The van der Waals surface area contributed by atoms with E-state index in [1.165, 1.54) is 0 Å². The molecule has 0 bridgehead atoms. The summed E-state index contributed by atoms with van der Waals surface area (Å²) < 4.78 is 37.0. The van der Waals surface area contributed by atoms with Crippen molar-refractivity contribution < 1.29 is 23.1 Å². The van der Waals surface area contributed by atoms with Crippen molar-refractivity contribution >= 4 is 5.97 Å². The van der Waals surface area contributed by atoms with Gasteiger partial charge in [-0.25, -0.2) is 0 Å². The standard InChI is InChI=1S/C7H7F3N2O2/c8-7(9,10)5-1-3-12(11-5)4-2-6(13)14/h1,3H,2,4H2,(H,13,14). The van der Waals surface area contributed by atoms with E-state index in [-0.39, 0.29) is 13.0 Å². The molecule has 0 saturated heterocycles. The number of hydrogen-bond donors (Lipinski definition) is 1. The Morgan fingerprint density at radius 3 is 2.64 bits per heavy atom. The van der Waals surface area contributed by atoms with Gasteiger partial charge < -0.3 is 5.11 Å². The zero-order valence-electron chi connectivity index (χ0n) is 6.95. The maximum Gasteiger partial charge on any atom is 0.435 e. The highest BCUT2D eigenvalue weighted by atomic mass is 19.4. The lowest BCUT2D eigenvalue weighted by atomic mass is 10.4. The van der Waals surface area contributed by atoms with Crippen LogP contribution in [0.2, 0.25) is 0 Å². The zero-order chi connectivity index (χ0) is 10.8. The van der Waals surface area contributed by atoms with E-state index < -0.39 is 17.8 Å². The van der Waals surface area contributed by atoms with Crippen LogP contribution in [0.1, 0.15) is 12.1 Å². The molecular formula is C7H7F3N2O2. The topological polar surface area (TPSA) is 55.1 Å². The zero-order valence-corrected chi connectivity index (χ0v) is 6.95. The Morgan fingerprint density at radius 1 is 1.57 bits per heavy atom. The molecule has 0 aromatic carbocycles. The minimum Gasteiger partial charge on any atom is -0.481 e. The fourth-order valence-electron chi connectivity index (χ4n) is 0.848.